The molecule has 1 amide bonds. The van der Waals surface area contributed by atoms with Crippen molar-refractivity contribution in [2.75, 3.05) is 26.4 Å². The molecule has 0 aromatic heterocycles. The maximum Gasteiger partial charge on any atom is 0.220 e. The van der Waals surface area contributed by atoms with Crippen molar-refractivity contribution in [2.45, 2.75) is 369 Å². The van der Waals surface area contributed by atoms with Crippen molar-refractivity contribution in [1.29, 1.82) is 0 Å². The quantitative estimate of drug-likeness (QED) is 0.0199. The van der Waals surface area contributed by atoms with E-state index in [1.54, 1.807) is 6.08 Å². The second-order valence-electron chi connectivity index (χ2n) is 28.5. The molecule has 12 N–H and O–H groups in total. The van der Waals surface area contributed by atoms with Gasteiger partial charge in [-0.25, -0.2) is 0 Å². The number of ether oxygens (including phenoxy) is 6. The molecule has 3 rings (SSSR count). The molecule has 3 fully saturated rings. The molecule has 3 heterocycles. The van der Waals surface area contributed by atoms with Crippen LogP contribution in [-0.4, -0.2) is 193 Å². The third-order valence-electron chi connectivity index (χ3n) is 19.3. The van der Waals surface area contributed by atoms with Crippen molar-refractivity contribution in [2.24, 2.45) is 0 Å². The number of aliphatic hydroxyl groups excluding tert-OH is 11. The predicted molar refractivity (Wildman–Crippen MR) is 424 cm³/mol. The monoisotopic (exact) mass is 1490 g/mol. The van der Waals surface area contributed by atoms with Crippen LogP contribution in [0.1, 0.15) is 264 Å². The van der Waals surface area contributed by atoms with Gasteiger partial charge in [-0.15, -0.1) is 0 Å². The lowest BCUT2D eigenvalue weighted by atomic mass is 9.96. The summed E-state index contributed by atoms with van der Waals surface area (Å²) in [4.78, 5) is 13.5. The largest absolute Gasteiger partial charge is 0.394 e. The fraction of sp³-hybridized carbons (Fsp3) is 0.713. The first kappa shape index (κ1) is 95.9. The summed E-state index contributed by atoms with van der Waals surface area (Å²) in [6, 6.07) is -1.03. The van der Waals surface area contributed by atoms with Crippen LogP contribution in [0.3, 0.4) is 0 Å². The molecule has 106 heavy (non-hydrogen) atoms. The predicted octanol–water partition coefficient (Wildman–Crippen LogP) is 14.2. The average Bonchev–Trinajstić information content (AvgIpc) is 0.780. The lowest BCUT2D eigenvalue weighted by Crippen LogP contribution is -2.66. The highest BCUT2D eigenvalue weighted by molar-refractivity contribution is 5.76. The van der Waals surface area contributed by atoms with Crippen LogP contribution < -0.4 is 5.32 Å². The maximum atomic E-state index is 13.5. The molecule has 0 bridgehead atoms. The summed E-state index contributed by atoms with van der Waals surface area (Å²) in [6.07, 6.45) is 68.4. The van der Waals surface area contributed by atoms with E-state index in [1.165, 1.54) is 128 Å². The fourth-order valence-electron chi connectivity index (χ4n) is 12.8. The summed E-state index contributed by atoms with van der Waals surface area (Å²) >= 11 is 0. The van der Waals surface area contributed by atoms with Gasteiger partial charge in [0.15, 0.2) is 18.9 Å². The Hall–Kier alpha value is -4.33. The highest BCUT2D eigenvalue weighted by atomic mass is 16.8. The van der Waals surface area contributed by atoms with Gasteiger partial charge in [-0.1, -0.05) is 288 Å². The zero-order chi connectivity index (χ0) is 76.7. The lowest BCUT2D eigenvalue weighted by molar-refractivity contribution is -0.379. The summed E-state index contributed by atoms with van der Waals surface area (Å²) in [6.45, 7) is 1.58. The molecule has 3 aliphatic heterocycles. The fourth-order valence-corrected chi connectivity index (χ4v) is 12.8. The average molecular weight is 1490 g/mol. The normalized spacial score (nSPS) is 26.4. The lowest BCUT2D eigenvalue weighted by Gasteiger charge is -2.48. The van der Waals surface area contributed by atoms with Gasteiger partial charge in [0.2, 0.25) is 5.91 Å². The van der Waals surface area contributed by atoms with Crippen molar-refractivity contribution in [3.63, 3.8) is 0 Å². The Bertz CT molecular complexity index is 2490. The van der Waals surface area contributed by atoms with Crippen LogP contribution in [0.5, 0.6) is 0 Å². The molecule has 19 nitrogen and oxygen atoms in total. The first-order valence-corrected chi connectivity index (χ1v) is 41.1. The summed E-state index contributed by atoms with van der Waals surface area (Å²) in [5.74, 6) is -0.326. The van der Waals surface area contributed by atoms with Crippen LogP contribution >= 0.6 is 0 Å². The van der Waals surface area contributed by atoms with Gasteiger partial charge < -0.3 is 89.9 Å². The van der Waals surface area contributed by atoms with E-state index in [-0.39, 0.29) is 12.3 Å². The number of hydrogen-bond donors (Lipinski definition) is 12. The van der Waals surface area contributed by atoms with E-state index in [9.17, 15) is 61.0 Å². The van der Waals surface area contributed by atoms with E-state index in [1.807, 2.05) is 6.08 Å². The molecule has 0 saturated carbocycles. The van der Waals surface area contributed by atoms with Crippen LogP contribution in [0.2, 0.25) is 0 Å². The Morgan fingerprint density at radius 1 is 0.349 bits per heavy atom. The van der Waals surface area contributed by atoms with Gasteiger partial charge in [-0.2, -0.15) is 0 Å². The minimum absolute atomic E-state index is 0.182. The van der Waals surface area contributed by atoms with Gasteiger partial charge in [0, 0.05) is 6.42 Å². The number of carbonyl (C=O) groups is 1. The molecule has 606 valence electrons. The summed E-state index contributed by atoms with van der Waals surface area (Å²) in [7, 11) is 0. The van der Waals surface area contributed by atoms with E-state index < -0.39 is 131 Å². The first-order chi connectivity index (χ1) is 51.8. The Morgan fingerprint density at radius 3 is 1.06 bits per heavy atom. The zero-order valence-electron chi connectivity index (χ0n) is 64.9. The van der Waals surface area contributed by atoms with Crippen molar-refractivity contribution >= 4 is 5.91 Å². The standard InChI is InChI=1S/C87H145NO18/c1-3-5-7-9-11-13-15-17-19-21-23-25-27-29-31-33-35-37-39-41-43-45-47-49-51-53-55-57-59-61-63-65-75(93)88-70(71(92)64-62-60-58-56-54-52-50-48-46-44-42-40-38-36-34-32-30-28-26-24-22-20-18-16-14-12-10-8-6-4-2)69-101-85-81(99)78(96)83(73(67-90)103-85)106-87-82(100)79(97)84(74(68-91)104-87)105-86-80(98)77(95)76(94)72(66-89)102-86/h5,7,11,13,17,19,23,25,29,31,35,37,41,43,46-49,53-56,62,64,70-74,76-87,89-92,94-100H,3-4,6,8-10,12,14-16,18,20-22,24,26-28,30,32-34,36,38-40,42,44-45,50-52,57-61,63,65-69H2,1-2H3,(H,88,93)/b7-5-,13-11-,19-17-,25-23-,31-29-,37-35-,43-41-,48-46+,49-47-,55-53-,56-54+,64-62+. The maximum absolute atomic E-state index is 13.5. The smallest absolute Gasteiger partial charge is 0.220 e. The van der Waals surface area contributed by atoms with E-state index in [2.05, 4.69) is 153 Å². The van der Waals surface area contributed by atoms with Gasteiger partial charge in [-0.05, 0) is 116 Å². The molecule has 0 aromatic carbocycles. The summed E-state index contributed by atoms with van der Waals surface area (Å²) in [5, 5.41) is 121. The van der Waals surface area contributed by atoms with Gasteiger partial charge >= 0.3 is 0 Å². The second-order valence-corrected chi connectivity index (χ2v) is 28.5. The van der Waals surface area contributed by atoms with Crippen LogP contribution in [0.25, 0.3) is 0 Å². The highest BCUT2D eigenvalue weighted by Gasteiger charge is 2.54. The number of hydrogen-bond acceptors (Lipinski definition) is 18. The Labute approximate surface area is 638 Å². The van der Waals surface area contributed by atoms with Crippen molar-refractivity contribution in [3.8, 4) is 0 Å². The number of carbonyl (C=O) groups excluding carboxylic acids is 1. The van der Waals surface area contributed by atoms with E-state index in [4.69, 9.17) is 28.4 Å². The molecule has 17 unspecified atom stereocenters. The van der Waals surface area contributed by atoms with Crippen LogP contribution in [-0.2, 0) is 33.2 Å². The Kier molecular flexibility index (Phi) is 59.1. The van der Waals surface area contributed by atoms with Gasteiger partial charge in [0.05, 0.1) is 38.6 Å². The van der Waals surface area contributed by atoms with E-state index >= 15 is 0 Å². The van der Waals surface area contributed by atoms with E-state index in [0.29, 0.717) is 12.8 Å². The molecule has 0 spiro atoms. The number of nitrogens with one attached hydrogen (secondary N) is 1. The summed E-state index contributed by atoms with van der Waals surface area (Å²) < 4.78 is 34.4. The van der Waals surface area contributed by atoms with Crippen molar-refractivity contribution < 1.29 is 89.4 Å². The minimum atomic E-state index is -2.00. The third kappa shape index (κ3) is 44.5. The molecule has 3 saturated heterocycles. The molecule has 0 aromatic rings. The minimum Gasteiger partial charge on any atom is -0.394 e. The molecule has 0 radical (unpaired) electrons. The van der Waals surface area contributed by atoms with Crippen LogP contribution in [0, 0.1) is 0 Å². The second kappa shape index (κ2) is 65.4. The molecule has 17 atom stereocenters. The summed E-state index contributed by atoms with van der Waals surface area (Å²) in [5.41, 5.74) is 0. The van der Waals surface area contributed by atoms with Crippen LogP contribution in [0.4, 0.5) is 0 Å². The Balaban J connectivity index is 1.42. The molecular weight excluding hydrogens is 1350 g/mol. The third-order valence-corrected chi connectivity index (χ3v) is 19.3. The zero-order valence-corrected chi connectivity index (χ0v) is 64.9. The SMILES string of the molecule is CC/C=C\C/C=C\C/C=C\C/C=C\C/C=C\C/C=C\C/C=C\C/C=C\C/C=C\CCCCCC(=O)NC(COC1OC(CO)C(OC2OC(CO)C(OC3OC(CO)C(O)C(O)C3O)C(O)C2O)C(O)C1O)C(O)/C=C/CC/C=C/CC/C=C/CCCCCCCCCCCCCCCCCCCCCC. The van der Waals surface area contributed by atoms with Crippen molar-refractivity contribution in [3.05, 3.63) is 146 Å². The first-order valence-electron chi connectivity index (χ1n) is 41.1. The number of allylic oxidation sites excluding steroid dienone is 23. The van der Waals surface area contributed by atoms with Crippen molar-refractivity contribution in [1.82, 2.24) is 5.32 Å². The highest BCUT2D eigenvalue weighted by Crippen LogP contribution is 2.33. The molecular formula is C87H145NO18. The van der Waals surface area contributed by atoms with E-state index in [0.717, 1.165) is 103 Å². The Morgan fingerprint density at radius 2 is 0.660 bits per heavy atom. The van der Waals surface area contributed by atoms with Gasteiger partial charge in [-0.3, -0.25) is 4.79 Å². The number of amides is 1. The van der Waals surface area contributed by atoms with Gasteiger partial charge in [0.1, 0.15) is 73.2 Å². The topological polar surface area (TPSA) is 307 Å². The molecule has 19 heteroatoms. The molecule has 0 aliphatic carbocycles. The number of rotatable bonds is 63. The number of aliphatic hydroxyl groups is 11. The molecule has 3 aliphatic rings. The number of unbranched alkanes of at least 4 members (excludes halogenated alkanes) is 25. The van der Waals surface area contributed by atoms with Gasteiger partial charge in [0.25, 0.3) is 0 Å². The van der Waals surface area contributed by atoms with Crippen LogP contribution in [0.15, 0.2) is 146 Å².